The lowest BCUT2D eigenvalue weighted by molar-refractivity contribution is -0.117. The quantitative estimate of drug-likeness (QED) is 0.149. The number of rotatable bonds is 13. The van der Waals surface area contributed by atoms with Crippen LogP contribution in [0.4, 0.5) is 5.69 Å². The number of amides is 2. The van der Waals surface area contributed by atoms with Crippen molar-refractivity contribution in [3.63, 3.8) is 0 Å². The lowest BCUT2D eigenvalue weighted by Crippen LogP contribution is -2.35. The number of ether oxygens (including phenoxy) is 1. The molecule has 1 fully saturated rings. The zero-order chi connectivity index (χ0) is 25.8. The van der Waals surface area contributed by atoms with Crippen molar-refractivity contribution in [1.29, 1.82) is 0 Å². The second kappa shape index (κ2) is 13.9. The van der Waals surface area contributed by atoms with Gasteiger partial charge in [0.25, 0.3) is 5.91 Å². The Morgan fingerprint density at radius 1 is 1.14 bits per heavy atom. The Labute approximate surface area is 209 Å². The lowest BCUT2D eigenvalue weighted by atomic mass is 10.1. The smallest absolute Gasteiger partial charge is 0.251 e. The number of hydrogen-bond donors (Lipinski definition) is 4. The molecule has 1 heterocycles. The van der Waals surface area contributed by atoms with Gasteiger partial charge >= 0.3 is 0 Å². The van der Waals surface area contributed by atoms with Gasteiger partial charge in [-0.3, -0.25) is 14.1 Å². The number of terminal acetylenes is 1. The highest BCUT2D eigenvalue weighted by molar-refractivity contribution is 5.95. The number of aliphatic hydroxyl groups is 1. The fourth-order valence-electron chi connectivity index (χ4n) is 3.87. The van der Waals surface area contributed by atoms with Crippen LogP contribution in [0.5, 0.6) is 0 Å². The summed E-state index contributed by atoms with van der Waals surface area (Å²) in [6, 6.07) is 5.51. The number of nitrogens with zero attached hydrogens (tertiary/aromatic N) is 1. The highest BCUT2D eigenvalue weighted by Gasteiger charge is 2.23. The number of hydrogen-bond acceptors (Lipinski definition) is 5. The van der Waals surface area contributed by atoms with Crippen molar-refractivity contribution in [1.82, 2.24) is 20.4 Å². The largest absolute Gasteiger partial charge is 0.394 e. The molecule has 0 aliphatic carbocycles. The van der Waals surface area contributed by atoms with Crippen LogP contribution in [0, 0.1) is 12.3 Å². The predicted molar refractivity (Wildman–Crippen MR) is 140 cm³/mol. The van der Waals surface area contributed by atoms with E-state index in [1.807, 2.05) is 33.3 Å². The van der Waals surface area contributed by atoms with Crippen LogP contribution in [0.25, 0.3) is 0 Å². The van der Waals surface area contributed by atoms with Crippen molar-refractivity contribution in [2.75, 3.05) is 40.8 Å². The molecule has 35 heavy (non-hydrogen) atoms. The first kappa shape index (κ1) is 28.4. The van der Waals surface area contributed by atoms with Crippen LogP contribution in [0.2, 0.25) is 0 Å². The summed E-state index contributed by atoms with van der Waals surface area (Å²) in [4.78, 5) is 24.6. The number of nitrogens with one attached hydrogen (secondary N) is 3. The zero-order valence-electron chi connectivity index (χ0n) is 21.5. The summed E-state index contributed by atoms with van der Waals surface area (Å²) < 4.78 is 6.17. The van der Waals surface area contributed by atoms with Gasteiger partial charge in [-0.25, -0.2) is 0 Å². The summed E-state index contributed by atoms with van der Waals surface area (Å²) in [5.74, 6) is 2.46. The van der Waals surface area contributed by atoms with E-state index in [1.54, 1.807) is 19.2 Å². The minimum absolute atomic E-state index is 0.0199. The van der Waals surface area contributed by atoms with E-state index in [0.717, 1.165) is 49.8 Å². The molecule has 1 aliphatic heterocycles. The Morgan fingerprint density at radius 3 is 2.43 bits per heavy atom. The summed E-state index contributed by atoms with van der Waals surface area (Å²) in [5, 5.41) is 18.1. The molecule has 1 saturated heterocycles. The average Bonchev–Trinajstić information content (AvgIpc) is 3.30. The first-order valence-electron chi connectivity index (χ1n) is 12.3. The minimum atomic E-state index is -0.156. The van der Waals surface area contributed by atoms with Gasteiger partial charge in [0.2, 0.25) is 5.91 Å². The Bertz CT molecular complexity index is 930. The summed E-state index contributed by atoms with van der Waals surface area (Å²) >= 11 is 0. The van der Waals surface area contributed by atoms with Gasteiger partial charge in [0.15, 0.2) is 0 Å². The van der Waals surface area contributed by atoms with E-state index in [4.69, 9.17) is 16.3 Å². The third-order valence-corrected chi connectivity index (χ3v) is 5.97. The molecule has 0 unspecified atom stereocenters. The fraction of sp³-hybridized carbons (Fsp3) is 0.556. The van der Waals surface area contributed by atoms with Crippen molar-refractivity contribution < 1.29 is 19.4 Å². The van der Waals surface area contributed by atoms with E-state index >= 15 is 0 Å². The number of carbonyl (C=O) groups excluding carboxylic acids is 2. The van der Waals surface area contributed by atoms with Crippen LogP contribution in [0.3, 0.4) is 0 Å². The maximum Gasteiger partial charge on any atom is 0.251 e. The second-order valence-electron chi connectivity index (χ2n) is 9.82. The molecule has 1 aromatic carbocycles. The van der Waals surface area contributed by atoms with Crippen LogP contribution in [0.1, 0.15) is 61.4 Å². The van der Waals surface area contributed by atoms with Gasteiger partial charge in [-0.05, 0) is 44.7 Å². The molecule has 0 spiro atoms. The van der Waals surface area contributed by atoms with Crippen LogP contribution in [-0.4, -0.2) is 70.1 Å². The maximum atomic E-state index is 12.5. The topological polar surface area (TPSA) is 99.7 Å². The first-order chi connectivity index (χ1) is 16.7. The Hall–Kier alpha value is -2.86. The molecular formula is C27H41N4O4+. The molecule has 1 aromatic rings. The van der Waals surface area contributed by atoms with Gasteiger partial charge in [-0.15, -0.1) is 6.42 Å². The molecule has 8 heteroatoms. The minimum Gasteiger partial charge on any atom is -0.394 e. The summed E-state index contributed by atoms with van der Waals surface area (Å²) in [6.45, 7) is 2.98. The molecule has 0 bridgehead atoms. The molecule has 0 radical (unpaired) electrons. The number of quaternary nitrogens is 1. The summed E-state index contributed by atoms with van der Waals surface area (Å²) in [6.07, 6.45) is 12.3. The van der Waals surface area contributed by atoms with Gasteiger partial charge in [-0.2, -0.15) is 0 Å². The lowest BCUT2D eigenvalue weighted by Gasteiger charge is -2.24. The average molecular weight is 486 g/mol. The Kier molecular flexibility index (Phi) is 11.3. The maximum absolute atomic E-state index is 12.5. The third-order valence-electron chi connectivity index (χ3n) is 5.97. The van der Waals surface area contributed by atoms with E-state index < -0.39 is 0 Å². The fourth-order valence-corrected chi connectivity index (χ4v) is 3.87. The van der Waals surface area contributed by atoms with Crippen molar-refractivity contribution in [2.45, 2.75) is 57.8 Å². The van der Waals surface area contributed by atoms with E-state index in [9.17, 15) is 9.59 Å². The molecule has 8 nitrogen and oxygen atoms in total. The van der Waals surface area contributed by atoms with Crippen molar-refractivity contribution in [3.8, 4) is 12.3 Å². The molecule has 2 rings (SSSR count). The molecular weight excluding hydrogens is 444 g/mol. The summed E-state index contributed by atoms with van der Waals surface area (Å²) in [7, 11) is 6.12. The molecule has 192 valence electrons. The Balaban J connectivity index is 1.58. The molecule has 4 N–H and O–H groups in total. The van der Waals surface area contributed by atoms with Crippen LogP contribution >= 0.6 is 0 Å². The Morgan fingerprint density at radius 2 is 1.83 bits per heavy atom. The van der Waals surface area contributed by atoms with Gasteiger partial charge in [-0.1, -0.05) is 18.8 Å². The predicted octanol–water partition coefficient (Wildman–Crippen LogP) is 2.26. The van der Waals surface area contributed by atoms with E-state index in [1.165, 1.54) is 0 Å². The normalized spacial score (nSPS) is 18.1. The SMILES string of the molecule is C#Cc1cc(C(=O)NCCCCCCNC(=O)/C(C)=C\N[C@H]2CC[C@@H](CO)O2)ccc1[N+](C)(C)C. The van der Waals surface area contributed by atoms with E-state index in [2.05, 4.69) is 21.9 Å². The van der Waals surface area contributed by atoms with Crippen molar-refractivity contribution >= 4 is 17.5 Å². The van der Waals surface area contributed by atoms with E-state index in [-0.39, 0.29) is 30.8 Å². The van der Waals surface area contributed by atoms with E-state index in [0.29, 0.717) is 28.7 Å². The van der Waals surface area contributed by atoms with Crippen LogP contribution in [-0.2, 0) is 9.53 Å². The van der Waals surface area contributed by atoms with Crippen LogP contribution in [0.15, 0.2) is 30.0 Å². The first-order valence-corrected chi connectivity index (χ1v) is 12.3. The molecule has 2 atom stereocenters. The van der Waals surface area contributed by atoms with Crippen LogP contribution < -0.4 is 20.4 Å². The van der Waals surface area contributed by atoms with Gasteiger partial charge in [0.05, 0.1) is 39.4 Å². The molecule has 2 amide bonds. The molecule has 0 aromatic heterocycles. The standard InChI is InChI=1S/C27H40N4O4/c1-6-21-17-22(11-13-24(21)31(3,4)5)27(34)29-16-10-8-7-9-15-28-26(33)20(2)18-30-25-14-12-23(19-32)35-25/h1,11,13,17-18,23,25,32H,7-10,12,14-16,19H2,2-5H3,(H2-,28,29,30,33,34)/p+1/t23-,25+/m0/s1. The third kappa shape index (κ3) is 9.36. The number of unbranched alkanes of at least 4 members (excludes halogenated alkanes) is 3. The molecule has 1 aliphatic rings. The van der Waals surface area contributed by atoms with Gasteiger partial charge in [0.1, 0.15) is 11.9 Å². The number of benzene rings is 1. The van der Waals surface area contributed by atoms with Crippen molar-refractivity contribution in [2.24, 2.45) is 0 Å². The summed E-state index contributed by atoms with van der Waals surface area (Å²) in [5.41, 5.74) is 2.89. The monoisotopic (exact) mass is 485 g/mol. The number of carbonyl (C=O) groups is 2. The van der Waals surface area contributed by atoms with Crippen molar-refractivity contribution in [3.05, 3.63) is 41.1 Å². The number of aliphatic hydroxyl groups excluding tert-OH is 1. The highest BCUT2D eigenvalue weighted by Crippen LogP contribution is 2.23. The molecule has 0 saturated carbocycles. The zero-order valence-corrected chi connectivity index (χ0v) is 21.5. The highest BCUT2D eigenvalue weighted by atomic mass is 16.5. The van der Waals surface area contributed by atoms with Gasteiger partial charge in [0, 0.05) is 36.5 Å². The second-order valence-corrected chi connectivity index (χ2v) is 9.82. The van der Waals surface area contributed by atoms with Gasteiger partial charge < -0.3 is 25.8 Å².